The van der Waals surface area contributed by atoms with E-state index in [-0.39, 0.29) is 29.4 Å². The third kappa shape index (κ3) is 10.5. The molecule has 0 atom stereocenters. The van der Waals surface area contributed by atoms with Gasteiger partial charge in [0.1, 0.15) is 0 Å². The molecule has 1 rings (SSSR count). The predicted molar refractivity (Wildman–Crippen MR) is 56.1 cm³/mol. The van der Waals surface area contributed by atoms with Gasteiger partial charge in [0, 0.05) is 29.3 Å². The maximum absolute atomic E-state index is 9.97. The number of aromatic nitrogens is 2. The molecule has 0 aromatic carbocycles. The Hall–Kier alpha value is -1.56. The normalized spacial score (nSPS) is 8.81. The molecule has 5 N–H and O–H groups in total. The summed E-state index contributed by atoms with van der Waals surface area (Å²) in [5.74, 6) is -0.937. The van der Waals surface area contributed by atoms with Gasteiger partial charge < -0.3 is 20.9 Å². The second-order valence-electron chi connectivity index (χ2n) is 2.44. The molecule has 0 fully saturated rings. The number of aliphatic carboxylic acids is 1. The number of H-pyrrole nitrogens is 1. The zero-order valence-electron chi connectivity index (χ0n) is 8.43. The topological polar surface area (TPSA) is 112 Å². The molecule has 0 saturated carbocycles. The number of hydrogen-bond donors (Lipinski definition) is 4. The van der Waals surface area contributed by atoms with Crippen molar-refractivity contribution >= 4 is 12.0 Å². The average molecular weight is 266 g/mol. The minimum atomic E-state index is -0.969. The van der Waals surface area contributed by atoms with Crippen LogP contribution in [0, 0.1) is 0 Å². The molecule has 0 spiro atoms. The van der Waals surface area contributed by atoms with Crippen molar-refractivity contribution in [2.75, 3.05) is 6.54 Å². The van der Waals surface area contributed by atoms with Crippen LogP contribution >= 0.6 is 0 Å². The predicted octanol–water partition coefficient (Wildman–Crippen LogP) is 0.522. The van der Waals surface area contributed by atoms with Crippen LogP contribution in [-0.4, -0.2) is 32.7 Å². The Morgan fingerprint density at radius 1 is 1.62 bits per heavy atom. The minimum absolute atomic E-state index is 0. The maximum Gasteiger partial charge on any atom is 0.328 e. The summed E-state index contributed by atoms with van der Waals surface area (Å²) in [6.07, 6.45) is 5.55. The van der Waals surface area contributed by atoms with E-state index in [0.29, 0.717) is 5.69 Å². The SMILES string of the molecule is C=C(O)CN.O=C(O)C=Cc1c[nH]cn1.[Mn]. The number of rotatable bonds is 3. The molecule has 0 amide bonds. The zero-order valence-corrected chi connectivity index (χ0v) is 9.61. The number of imidazole rings is 1. The first-order valence-electron chi connectivity index (χ1n) is 4.03. The van der Waals surface area contributed by atoms with Crippen molar-refractivity contribution in [2.24, 2.45) is 5.73 Å². The van der Waals surface area contributed by atoms with Crippen LogP contribution in [0.2, 0.25) is 0 Å². The summed E-state index contributed by atoms with van der Waals surface area (Å²) in [5, 5.41) is 16.2. The summed E-state index contributed by atoms with van der Waals surface area (Å²) < 4.78 is 0. The Morgan fingerprint density at radius 3 is 2.50 bits per heavy atom. The van der Waals surface area contributed by atoms with Gasteiger partial charge in [-0.05, 0) is 6.08 Å². The fraction of sp³-hybridized carbons (Fsp3) is 0.111. The molecule has 6 nitrogen and oxygen atoms in total. The third-order valence-electron chi connectivity index (χ3n) is 1.15. The second-order valence-corrected chi connectivity index (χ2v) is 2.44. The number of carboxylic acid groups (broad SMARTS) is 1. The van der Waals surface area contributed by atoms with Crippen LogP contribution in [0.25, 0.3) is 6.08 Å². The van der Waals surface area contributed by atoms with Gasteiger partial charge in [-0.3, -0.25) is 0 Å². The van der Waals surface area contributed by atoms with Crippen LogP contribution in [0.5, 0.6) is 0 Å². The molecule has 1 aromatic rings. The molecule has 0 aliphatic heterocycles. The summed E-state index contributed by atoms with van der Waals surface area (Å²) in [4.78, 5) is 16.5. The Kier molecular flexibility index (Phi) is 10.5. The van der Waals surface area contributed by atoms with Crippen molar-refractivity contribution in [3.05, 3.63) is 36.6 Å². The first-order chi connectivity index (χ1) is 7.06. The Labute approximate surface area is 103 Å². The van der Waals surface area contributed by atoms with Gasteiger partial charge in [0.05, 0.1) is 24.3 Å². The van der Waals surface area contributed by atoms with Crippen LogP contribution in [0.4, 0.5) is 0 Å². The summed E-state index contributed by atoms with van der Waals surface area (Å²) in [5.41, 5.74) is 5.44. The molecule has 1 heterocycles. The van der Waals surface area contributed by atoms with Crippen molar-refractivity contribution in [2.45, 2.75) is 0 Å². The second kappa shape index (κ2) is 9.97. The summed E-state index contributed by atoms with van der Waals surface area (Å²) >= 11 is 0. The zero-order chi connectivity index (χ0) is 11.7. The number of nitrogens with one attached hydrogen (secondary N) is 1. The molecular formula is C9H13MnN3O3. The summed E-state index contributed by atoms with van der Waals surface area (Å²) in [6.45, 7) is 3.27. The van der Waals surface area contributed by atoms with E-state index in [2.05, 4.69) is 16.5 Å². The van der Waals surface area contributed by atoms with Crippen molar-refractivity contribution < 1.29 is 32.1 Å². The molecule has 89 valence electrons. The quantitative estimate of drug-likeness (QED) is 0.362. The molecule has 0 unspecified atom stereocenters. The molecule has 0 aliphatic carbocycles. The third-order valence-corrected chi connectivity index (χ3v) is 1.15. The van der Waals surface area contributed by atoms with E-state index >= 15 is 0 Å². The smallest absolute Gasteiger partial charge is 0.328 e. The van der Waals surface area contributed by atoms with Gasteiger partial charge in [0.25, 0.3) is 0 Å². The van der Waals surface area contributed by atoms with Gasteiger partial charge >= 0.3 is 5.97 Å². The van der Waals surface area contributed by atoms with Gasteiger partial charge in [-0.15, -0.1) is 0 Å². The first kappa shape index (κ1) is 16.9. The Bertz CT molecular complexity index is 336. The van der Waals surface area contributed by atoms with Crippen LogP contribution in [0.3, 0.4) is 0 Å². The number of carboxylic acids is 1. The molecule has 1 aromatic heterocycles. The van der Waals surface area contributed by atoms with E-state index in [1.54, 1.807) is 6.20 Å². The average Bonchev–Trinajstić information content (AvgIpc) is 2.68. The monoisotopic (exact) mass is 266 g/mol. The molecule has 0 aliphatic rings. The summed E-state index contributed by atoms with van der Waals surface area (Å²) in [7, 11) is 0. The van der Waals surface area contributed by atoms with Crippen molar-refractivity contribution in [1.29, 1.82) is 0 Å². The van der Waals surface area contributed by atoms with Gasteiger partial charge in [-0.1, -0.05) is 6.58 Å². The Morgan fingerprint density at radius 2 is 2.19 bits per heavy atom. The number of hydrogen-bond acceptors (Lipinski definition) is 4. The van der Waals surface area contributed by atoms with E-state index in [9.17, 15) is 4.79 Å². The number of aliphatic hydroxyl groups excluding tert-OH is 1. The van der Waals surface area contributed by atoms with Crippen LogP contribution < -0.4 is 5.73 Å². The molecular weight excluding hydrogens is 253 g/mol. The van der Waals surface area contributed by atoms with Crippen molar-refractivity contribution in [1.82, 2.24) is 9.97 Å². The molecule has 0 saturated heterocycles. The van der Waals surface area contributed by atoms with Crippen LogP contribution in [0.1, 0.15) is 5.69 Å². The number of carbonyl (C=O) groups is 1. The van der Waals surface area contributed by atoms with E-state index in [0.717, 1.165) is 6.08 Å². The summed E-state index contributed by atoms with van der Waals surface area (Å²) in [6, 6.07) is 0. The van der Waals surface area contributed by atoms with Crippen LogP contribution in [-0.2, 0) is 21.9 Å². The van der Waals surface area contributed by atoms with E-state index < -0.39 is 5.97 Å². The van der Waals surface area contributed by atoms with Gasteiger partial charge in [0.15, 0.2) is 0 Å². The molecule has 16 heavy (non-hydrogen) atoms. The van der Waals surface area contributed by atoms with E-state index in [1.807, 2.05) is 0 Å². The number of nitrogens with zero attached hydrogens (tertiary/aromatic N) is 1. The van der Waals surface area contributed by atoms with E-state index in [4.69, 9.17) is 15.9 Å². The fourth-order valence-electron chi connectivity index (χ4n) is 0.520. The Balaban J connectivity index is 0. The van der Waals surface area contributed by atoms with Crippen LogP contribution in [0.15, 0.2) is 30.9 Å². The van der Waals surface area contributed by atoms with E-state index in [1.165, 1.54) is 12.4 Å². The number of aliphatic hydroxyl groups is 1. The molecule has 7 heteroatoms. The van der Waals surface area contributed by atoms with Crippen molar-refractivity contribution in [3.63, 3.8) is 0 Å². The van der Waals surface area contributed by atoms with Gasteiger partial charge in [-0.2, -0.15) is 0 Å². The maximum atomic E-state index is 9.97. The first-order valence-corrected chi connectivity index (χ1v) is 4.03. The van der Waals surface area contributed by atoms with Gasteiger partial charge in [-0.25, -0.2) is 9.78 Å². The molecule has 0 bridgehead atoms. The van der Waals surface area contributed by atoms with Gasteiger partial charge in [0.2, 0.25) is 0 Å². The minimum Gasteiger partial charge on any atom is -0.512 e. The number of aromatic amines is 1. The standard InChI is InChI=1S/C6H6N2O2.C3H7NO.Mn/c9-6(10)2-1-5-3-7-4-8-5;1-3(5)2-4;/h1-4H,(H,7,8)(H,9,10);5H,1-2,4H2;. The largest absolute Gasteiger partial charge is 0.512 e. The van der Waals surface area contributed by atoms with Crippen molar-refractivity contribution in [3.8, 4) is 0 Å². The molecule has 1 radical (unpaired) electrons. The fourth-order valence-corrected chi connectivity index (χ4v) is 0.520. The number of nitrogens with two attached hydrogens (primary N) is 1.